The van der Waals surface area contributed by atoms with Gasteiger partial charge in [0.15, 0.2) is 0 Å². The quantitative estimate of drug-likeness (QED) is 0.574. The zero-order chi connectivity index (χ0) is 21.3. The van der Waals surface area contributed by atoms with E-state index in [0.717, 1.165) is 11.3 Å². The molecule has 1 aromatic heterocycles. The van der Waals surface area contributed by atoms with Crippen LogP contribution in [0.2, 0.25) is 0 Å². The Balaban J connectivity index is 2.56. The van der Waals surface area contributed by atoms with Gasteiger partial charge in [0.1, 0.15) is 12.3 Å². The Morgan fingerprint density at radius 3 is 2.45 bits per heavy atom. The largest absolute Gasteiger partial charge is 0.869 e. The average molecular weight is 461 g/mol. The highest BCUT2D eigenvalue weighted by molar-refractivity contribution is 9.10. The average Bonchev–Trinajstić information content (AvgIpc) is 2.99. The predicted octanol–water partition coefficient (Wildman–Crippen LogP) is 2.60. The van der Waals surface area contributed by atoms with Gasteiger partial charge in [0.25, 0.3) is 0 Å². The maximum atomic E-state index is 13.4. The molecule has 29 heavy (non-hydrogen) atoms. The number of hydrogen-bond donors (Lipinski definition) is 1. The van der Waals surface area contributed by atoms with Crippen LogP contribution in [0.25, 0.3) is 16.6 Å². The van der Waals surface area contributed by atoms with Crippen LogP contribution in [-0.2, 0) is 11.3 Å². The predicted molar refractivity (Wildman–Crippen MR) is 114 cm³/mol. The van der Waals surface area contributed by atoms with Gasteiger partial charge in [-0.3, -0.25) is 0 Å². The number of hydrogen-bond acceptors (Lipinski definition) is 4. The number of rotatable bonds is 6. The molecule has 0 amide bonds. The van der Waals surface area contributed by atoms with E-state index >= 15 is 0 Å². The fourth-order valence-corrected chi connectivity index (χ4v) is 4.37. The zero-order valence-corrected chi connectivity index (χ0v) is 18.8. The number of para-hydroxylation sites is 1. The molecular weight excluding hydrogens is 436 g/mol. The number of carbonyl (C=O) groups is 1. The summed E-state index contributed by atoms with van der Waals surface area (Å²) in [6.45, 7) is 4.45. The molecule has 2 aromatic carbocycles. The lowest BCUT2D eigenvalue weighted by atomic mass is 10.0. The Bertz CT molecular complexity index is 1060. The number of aromatic nitrogens is 1. The standard InChI is InChI=1S/C22H25BrN2O4/c1-6-29-22(27)16-13(2)25(14-10-8-7-9-11-14)19-15(12-24(3)4)18(23)21(28-5)20(26)17(16)19/h7-11,26H,6,12H2,1-5H3. The number of fused-ring (bicyclic) bond motifs is 1. The van der Waals surface area contributed by atoms with Crippen LogP contribution in [0.15, 0.2) is 34.8 Å². The number of nitrogens with one attached hydrogen (secondary N) is 1. The lowest BCUT2D eigenvalue weighted by Crippen LogP contribution is -3.04. The van der Waals surface area contributed by atoms with E-state index in [9.17, 15) is 9.90 Å². The normalized spacial score (nSPS) is 11.3. The van der Waals surface area contributed by atoms with Crippen molar-refractivity contribution < 1.29 is 24.3 Å². The number of quaternary nitrogens is 1. The van der Waals surface area contributed by atoms with Crippen LogP contribution in [0.5, 0.6) is 11.5 Å². The van der Waals surface area contributed by atoms with Crippen molar-refractivity contribution in [2.24, 2.45) is 0 Å². The van der Waals surface area contributed by atoms with Gasteiger partial charge >= 0.3 is 5.97 Å². The van der Waals surface area contributed by atoms with Gasteiger partial charge in [-0.25, -0.2) is 4.79 Å². The van der Waals surface area contributed by atoms with E-state index < -0.39 is 5.97 Å². The van der Waals surface area contributed by atoms with Crippen molar-refractivity contribution in [1.29, 1.82) is 0 Å². The molecule has 0 spiro atoms. The van der Waals surface area contributed by atoms with Crippen LogP contribution in [-0.4, -0.2) is 38.3 Å². The number of benzene rings is 2. The second kappa shape index (κ2) is 8.47. The van der Waals surface area contributed by atoms with Crippen molar-refractivity contribution >= 4 is 32.8 Å². The van der Waals surface area contributed by atoms with Crippen molar-refractivity contribution in [1.82, 2.24) is 4.57 Å². The molecule has 6 nitrogen and oxygen atoms in total. The summed E-state index contributed by atoms with van der Waals surface area (Å²) in [4.78, 5) is 14.0. The van der Waals surface area contributed by atoms with Crippen molar-refractivity contribution in [3.63, 3.8) is 0 Å². The van der Waals surface area contributed by atoms with Gasteiger partial charge in [-0.15, -0.1) is 0 Å². The first kappa shape index (κ1) is 21.2. The molecule has 1 heterocycles. The van der Waals surface area contributed by atoms with Crippen LogP contribution in [0.1, 0.15) is 28.5 Å². The minimum atomic E-state index is -0.505. The summed E-state index contributed by atoms with van der Waals surface area (Å²) in [5.74, 6) is -0.633. The molecule has 0 bridgehead atoms. The third-order valence-electron chi connectivity index (χ3n) is 4.82. The Kier molecular flexibility index (Phi) is 6.19. The van der Waals surface area contributed by atoms with Gasteiger partial charge in [-0.1, -0.05) is 23.9 Å². The molecule has 154 valence electrons. The highest BCUT2D eigenvalue weighted by Gasteiger charge is 2.28. The van der Waals surface area contributed by atoms with Crippen molar-refractivity contribution in [3.05, 3.63) is 51.6 Å². The monoisotopic (exact) mass is 460 g/mol. The van der Waals surface area contributed by atoms with Crippen molar-refractivity contribution in [3.8, 4) is 17.2 Å². The van der Waals surface area contributed by atoms with Crippen LogP contribution >= 0.6 is 15.9 Å². The third kappa shape index (κ3) is 3.60. The van der Waals surface area contributed by atoms with Crippen molar-refractivity contribution in [2.75, 3.05) is 27.8 Å². The SMILES string of the molecule is CCOC(=O)c1c(C)n(-c2ccccc2)c2c(C[NH+](C)C)c(Br)c(OC)c([O-])c12. The summed E-state index contributed by atoms with van der Waals surface area (Å²) in [5.41, 5.74) is 3.43. The minimum absolute atomic E-state index is 0.199. The van der Waals surface area contributed by atoms with Gasteiger partial charge in [0.2, 0.25) is 0 Å². The molecule has 0 aliphatic carbocycles. The molecule has 0 aliphatic heterocycles. The van der Waals surface area contributed by atoms with Crippen LogP contribution in [0.3, 0.4) is 0 Å². The fourth-order valence-electron chi connectivity index (χ4n) is 3.70. The first-order valence-electron chi connectivity index (χ1n) is 9.45. The van der Waals surface area contributed by atoms with Gasteiger partial charge in [-0.05, 0) is 41.9 Å². The van der Waals surface area contributed by atoms with E-state index in [1.54, 1.807) is 6.92 Å². The zero-order valence-electron chi connectivity index (χ0n) is 17.3. The fraction of sp³-hybridized carbons (Fsp3) is 0.318. The smallest absolute Gasteiger partial charge is 0.340 e. The summed E-state index contributed by atoms with van der Waals surface area (Å²) in [6, 6.07) is 9.70. The molecule has 7 heteroatoms. The van der Waals surface area contributed by atoms with E-state index in [4.69, 9.17) is 9.47 Å². The van der Waals surface area contributed by atoms with Gasteiger partial charge in [-0.2, -0.15) is 0 Å². The van der Waals surface area contributed by atoms with E-state index in [-0.39, 0.29) is 23.7 Å². The second-order valence-electron chi connectivity index (χ2n) is 7.11. The highest BCUT2D eigenvalue weighted by atomic mass is 79.9. The summed E-state index contributed by atoms with van der Waals surface area (Å²) < 4.78 is 13.3. The number of halogens is 1. The van der Waals surface area contributed by atoms with E-state index in [1.807, 2.05) is 55.9 Å². The lowest BCUT2D eigenvalue weighted by Gasteiger charge is -2.22. The second-order valence-corrected chi connectivity index (χ2v) is 7.91. The molecule has 1 N–H and O–H groups in total. The molecule has 0 unspecified atom stereocenters. The summed E-state index contributed by atoms with van der Waals surface area (Å²) in [6.07, 6.45) is 0. The Morgan fingerprint density at radius 1 is 1.24 bits per heavy atom. The Morgan fingerprint density at radius 2 is 1.90 bits per heavy atom. The first-order chi connectivity index (χ1) is 13.8. The maximum absolute atomic E-state index is 13.4. The molecule has 0 radical (unpaired) electrons. The maximum Gasteiger partial charge on any atom is 0.340 e. The number of esters is 1. The van der Waals surface area contributed by atoms with E-state index in [1.165, 1.54) is 12.0 Å². The van der Waals surface area contributed by atoms with Crippen LogP contribution in [0.4, 0.5) is 0 Å². The summed E-state index contributed by atoms with van der Waals surface area (Å²) in [7, 11) is 5.53. The topological polar surface area (TPSA) is 68.0 Å². The molecule has 3 aromatic rings. The van der Waals surface area contributed by atoms with Crippen LogP contribution < -0.4 is 14.7 Å². The molecule has 0 saturated heterocycles. The van der Waals surface area contributed by atoms with E-state index in [0.29, 0.717) is 27.6 Å². The van der Waals surface area contributed by atoms with E-state index in [2.05, 4.69) is 15.9 Å². The van der Waals surface area contributed by atoms with Gasteiger partial charge < -0.3 is 24.0 Å². The first-order valence-corrected chi connectivity index (χ1v) is 10.2. The third-order valence-corrected chi connectivity index (χ3v) is 5.66. The molecule has 3 rings (SSSR count). The van der Waals surface area contributed by atoms with Crippen LogP contribution in [0, 0.1) is 6.92 Å². The molecule has 0 fully saturated rings. The molecular formula is C22H25BrN2O4. The number of methoxy groups -OCH3 is 1. The lowest BCUT2D eigenvalue weighted by molar-refractivity contribution is -0.872. The Hall–Kier alpha value is -2.51. The number of carbonyl (C=O) groups excluding carboxylic acids is 1. The number of ether oxygens (including phenoxy) is 2. The minimum Gasteiger partial charge on any atom is -0.869 e. The Labute approximate surface area is 178 Å². The van der Waals surface area contributed by atoms with Gasteiger partial charge in [0, 0.05) is 22.3 Å². The highest BCUT2D eigenvalue weighted by Crippen LogP contribution is 2.46. The summed E-state index contributed by atoms with van der Waals surface area (Å²) in [5, 5.41) is 13.7. The van der Waals surface area contributed by atoms with Crippen molar-refractivity contribution in [2.45, 2.75) is 20.4 Å². The molecule has 0 atom stereocenters. The number of nitrogens with zero attached hydrogens (tertiary/aromatic N) is 1. The molecule has 0 saturated carbocycles. The molecule has 0 aliphatic rings. The summed E-state index contributed by atoms with van der Waals surface area (Å²) >= 11 is 3.58. The van der Waals surface area contributed by atoms with Gasteiger partial charge in [0.05, 0.1) is 43.4 Å².